The van der Waals surface area contributed by atoms with Gasteiger partial charge in [-0.1, -0.05) is 0 Å². The molecule has 0 heterocycles. The number of rotatable bonds is 6. The average molecular weight is 365 g/mol. The summed E-state index contributed by atoms with van der Waals surface area (Å²) in [4.78, 5) is 25.3. The summed E-state index contributed by atoms with van der Waals surface area (Å²) in [6.45, 7) is 0.229. The van der Waals surface area contributed by atoms with E-state index in [0.717, 1.165) is 0 Å². The van der Waals surface area contributed by atoms with Gasteiger partial charge >= 0.3 is 0 Å². The molecule has 0 unspecified atom stereocenters. The van der Waals surface area contributed by atoms with Gasteiger partial charge in [0.05, 0.1) is 13.0 Å². The van der Waals surface area contributed by atoms with Crippen LogP contribution in [0.15, 0.2) is 36.4 Å². The van der Waals surface area contributed by atoms with Gasteiger partial charge in [0.2, 0.25) is 11.8 Å². The van der Waals surface area contributed by atoms with Crippen LogP contribution in [-0.4, -0.2) is 37.4 Å². The molecule has 0 aliphatic heterocycles. The van der Waals surface area contributed by atoms with Gasteiger partial charge in [-0.3, -0.25) is 9.59 Å². The van der Waals surface area contributed by atoms with Gasteiger partial charge in [-0.2, -0.15) is 0 Å². The summed E-state index contributed by atoms with van der Waals surface area (Å²) >= 11 is 0. The molecule has 2 rings (SSSR count). The first-order valence-corrected chi connectivity index (χ1v) is 7.72. The number of carbonyl (C=O) groups is 2. The van der Waals surface area contributed by atoms with Gasteiger partial charge in [0.15, 0.2) is 0 Å². The highest BCUT2D eigenvalue weighted by Crippen LogP contribution is 2.17. The maximum Gasteiger partial charge on any atom is 0.238 e. The van der Waals surface area contributed by atoms with Crippen LogP contribution in [0.4, 0.5) is 24.5 Å². The van der Waals surface area contributed by atoms with Crippen LogP contribution >= 0.6 is 0 Å². The van der Waals surface area contributed by atoms with Gasteiger partial charge < -0.3 is 15.5 Å². The molecule has 2 N–H and O–H groups in total. The summed E-state index contributed by atoms with van der Waals surface area (Å²) in [5.41, 5.74) is 0.436. The van der Waals surface area contributed by atoms with Gasteiger partial charge in [-0.25, -0.2) is 13.2 Å². The molecule has 0 aliphatic rings. The Morgan fingerprint density at radius 2 is 1.35 bits per heavy atom. The maximum absolute atomic E-state index is 13.6. The van der Waals surface area contributed by atoms with Crippen LogP contribution in [-0.2, 0) is 16.0 Å². The minimum atomic E-state index is -1.11. The van der Waals surface area contributed by atoms with E-state index in [2.05, 4.69) is 10.6 Å². The van der Waals surface area contributed by atoms with Crippen molar-refractivity contribution in [3.8, 4) is 0 Å². The molecule has 2 aromatic carbocycles. The summed E-state index contributed by atoms with van der Waals surface area (Å²) in [6, 6.07) is 7.30. The fraction of sp³-hybridized carbons (Fsp3) is 0.222. The Labute approximate surface area is 148 Å². The lowest BCUT2D eigenvalue weighted by Crippen LogP contribution is -2.27. The van der Waals surface area contributed by atoms with Crippen molar-refractivity contribution in [3.05, 3.63) is 59.4 Å². The zero-order valence-electron chi connectivity index (χ0n) is 14.3. The van der Waals surface area contributed by atoms with E-state index in [-0.39, 0.29) is 12.5 Å². The summed E-state index contributed by atoms with van der Waals surface area (Å²) < 4.78 is 40.0. The Kier molecular flexibility index (Phi) is 6.35. The number of amides is 2. The zero-order chi connectivity index (χ0) is 19.3. The lowest BCUT2D eigenvalue weighted by Gasteiger charge is -2.11. The smallest absolute Gasteiger partial charge is 0.238 e. The Hall–Kier alpha value is -2.87. The minimum Gasteiger partial charge on any atom is -0.326 e. The number of halogens is 3. The topological polar surface area (TPSA) is 61.4 Å². The molecule has 2 aromatic rings. The molecule has 138 valence electrons. The number of anilines is 2. The van der Waals surface area contributed by atoms with Crippen molar-refractivity contribution in [3.63, 3.8) is 0 Å². The molecule has 0 aliphatic carbocycles. The molecule has 0 saturated heterocycles. The number of benzene rings is 2. The summed E-state index contributed by atoms with van der Waals surface area (Å²) in [7, 11) is 3.54. The standard InChI is InChI=1S/C18H18F3N3O2/c1-24(2)10-18(26)23-13-5-3-12(4-6-13)22-17(25)9-14-15(20)7-11(19)8-16(14)21/h3-8H,9-10H2,1-2H3,(H,22,25)(H,23,26). The second-order valence-electron chi connectivity index (χ2n) is 5.94. The predicted molar refractivity (Wildman–Crippen MR) is 92.3 cm³/mol. The molecule has 2 amide bonds. The molecule has 0 saturated carbocycles. The number of hydrogen-bond acceptors (Lipinski definition) is 3. The van der Waals surface area contributed by atoms with Crippen molar-refractivity contribution in [2.75, 3.05) is 31.3 Å². The first-order chi connectivity index (χ1) is 12.2. The molecular weight excluding hydrogens is 347 g/mol. The van der Waals surface area contributed by atoms with Crippen molar-refractivity contribution in [1.29, 1.82) is 0 Å². The summed E-state index contributed by atoms with van der Waals surface area (Å²) in [6.07, 6.45) is -0.570. The molecule has 0 radical (unpaired) electrons. The predicted octanol–water partition coefficient (Wildman–Crippen LogP) is 2.79. The van der Waals surface area contributed by atoms with E-state index in [4.69, 9.17) is 0 Å². The van der Waals surface area contributed by atoms with Gasteiger partial charge in [-0.15, -0.1) is 0 Å². The summed E-state index contributed by atoms with van der Waals surface area (Å²) in [5, 5.41) is 5.17. The molecule has 0 fully saturated rings. The van der Waals surface area contributed by atoms with Gasteiger partial charge in [0.25, 0.3) is 0 Å². The largest absolute Gasteiger partial charge is 0.326 e. The van der Waals surface area contributed by atoms with Crippen molar-refractivity contribution in [1.82, 2.24) is 4.90 Å². The van der Waals surface area contributed by atoms with E-state index in [1.165, 1.54) is 0 Å². The van der Waals surface area contributed by atoms with E-state index in [0.29, 0.717) is 23.5 Å². The highest BCUT2D eigenvalue weighted by Gasteiger charge is 2.15. The van der Waals surface area contributed by atoms with E-state index < -0.39 is 35.3 Å². The zero-order valence-corrected chi connectivity index (χ0v) is 14.3. The number of nitrogens with zero attached hydrogens (tertiary/aromatic N) is 1. The third-order valence-electron chi connectivity index (χ3n) is 3.36. The normalized spacial score (nSPS) is 10.7. The van der Waals surface area contributed by atoms with Gasteiger partial charge in [-0.05, 0) is 38.4 Å². The third-order valence-corrected chi connectivity index (χ3v) is 3.36. The van der Waals surface area contributed by atoms with Crippen LogP contribution in [0.1, 0.15) is 5.56 Å². The monoisotopic (exact) mass is 365 g/mol. The first kappa shape index (κ1) is 19.5. The maximum atomic E-state index is 13.6. The molecular formula is C18H18F3N3O2. The minimum absolute atomic E-state index is 0.186. The van der Waals surface area contributed by atoms with Gasteiger partial charge in [0, 0.05) is 29.1 Å². The molecule has 0 bridgehead atoms. The van der Waals surface area contributed by atoms with Crippen molar-refractivity contribution in [2.45, 2.75) is 6.42 Å². The van der Waals surface area contributed by atoms with Crippen LogP contribution in [0.2, 0.25) is 0 Å². The van der Waals surface area contributed by atoms with Crippen molar-refractivity contribution in [2.24, 2.45) is 0 Å². The lowest BCUT2D eigenvalue weighted by atomic mass is 10.1. The van der Waals surface area contributed by atoms with Crippen LogP contribution in [0.25, 0.3) is 0 Å². The fourth-order valence-corrected chi connectivity index (χ4v) is 2.23. The third kappa shape index (κ3) is 5.59. The quantitative estimate of drug-likeness (QED) is 0.828. The Morgan fingerprint density at radius 3 is 1.81 bits per heavy atom. The highest BCUT2D eigenvalue weighted by atomic mass is 19.1. The van der Waals surface area contributed by atoms with E-state index >= 15 is 0 Å². The SMILES string of the molecule is CN(C)CC(=O)Nc1ccc(NC(=O)Cc2c(F)cc(F)cc2F)cc1. The molecule has 26 heavy (non-hydrogen) atoms. The molecule has 0 spiro atoms. The average Bonchev–Trinajstić information content (AvgIpc) is 2.52. The van der Waals surface area contributed by atoms with Gasteiger partial charge in [0.1, 0.15) is 17.5 Å². The van der Waals surface area contributed by atoms with E-state index in [1.807, 2.05) is 0 Å². The van der Waals surface area contributed by atoms with Crippen LogP contribution in [0.5, 0.6) is 0 Å². The highest BCUT2D eigenvalue weighted by molar-refractivity contribution is 5.94. The molecule has 0 atom stereocenters. The van der Waals surface area contributed by atoms with Crippen molar-refractivity contribution < 1.29 is 22.8 Å². The molecule has 5 nitrogen and oxygen atoms in total. The van der Waals surface area contributed by atoms with Crippen LogP contribution in [0.3, 0.4) is 0 Å². The molecule has 0 aromatic heterocycles. The molecule has 8 heteroatoms. The second-order valence-corrected chi connectivity index (χ2v) is 5.94. The second kappa shape index (κ2) is 8.48. The first-order valence-electron chi connectivity index (χ1n) is 7.72. The number of hydrogen-bond donors (Lipinski definition) is 2. The number of carbonyl (C=O) groups excluding carboxylic acids is 2. The number of nitrogens with one attached hydrogen (secondary N) is 2. The Morgan fingerprint density at radius 1 is 0.885 bits per heavy atom. The fourth-order valence-electron chi connectivity index (χ4n) is 2.23. The van der Waals surface area contributed by atoms with Crippen LogP contribution < -0.4 is 10.6 Å². The Bertz CT molecular complexity index is 785. The van der Waals surface area contributed by atoms with Crippen LogP contribution in [0, 0.1) is 17.5 Å². The van der Waals surface area contributed by atoms with Crippen molar-refractivity contribution >= 4 is 23.2 Å². The lowest BCUT2D eigenvalue weighted by molar-refractivity contribution is -0.117. The summed E-state index contributed by atoms with van der Waals surface area (Å²) in [5.74, 6) is -4.11. The Balaban J connectivity index is 1.96. The van der Waals surface area contributed by atoms with E-state index in [1.54, 1.807) is 43.3 Å². The number of likely N-dealkylation sites (N-methyl/N-ethyl adjacent to an activating group) is 1. The van der Waals surface area contributed by atoms with E-state index in [9.17, 15) is 22.8 Å².